The second kappa shape index (κ2) is 12.4. The average Bonchev–Trinajstić information content (AvgIpc) is 2.49. The number of carbonyl (C=O) groups is 1. The third kappa shape index (κ3) is 8.49. The maximum atomic E-state index is 11.8. The highest BCUT2D eigenvalue weighted by molar-refractivity contribution is 14.0. The smallest absolute Gasteiger partial charge is 0.252 e. The predicted octanol–water partition coefficient (Wildman–Crippen LogP) is 1.39. The summed E-state index contributed by atoms with van der Waals surface area (Å²) in [6, 6.07) is 3.48. The van der Waals surface area contributed by atoms with Gasteiger partial charge in [0.15, 0.2) is 5.96 Å². The summed E-state index contributed by atoms with van der Waals surface area (Å²) < 4.78 is 0. The molecule has 0 aliphatic rings. The molecule has 0 spiro atoms. The summed E-state index contributed by atoms with van der Waals surface area (Å²) in [5.41, 5.74) is 0.569. The van der Waals surface area contributed by atoms with Gasteiger partial charge in [0.1, 0.15) is 0 Å². The topological polar surface area (TPSA) is 78.4 Å². The third-order valence-electron chi connectivity index (χ3n) is 2.46. The lowest BCUT2D eigenvalue weighted by Gasteiger charge is -2.11. The second-order valence-electron chi connectivity index (χ2n) is 4.19. The van der Waals surface area contributed by atoms with Gasteiger partial charge in [0.25, 0.3) is 5.91 Å². The molecule has 1 amide bonds. The molecule has 1 rings (SSSR count). The van der Waals surface area contributed by atoms with E-state index in [-0.39, 0.29) is 29.9 Å². The molecule has 1 heterocycles. The maximum Gasteiger partial charge on any atom is 0.252 e. The van der Waals surface area contributed by atoms with Gasteiger partial charge in [0.05, 0.1) is 5.56 Å². The highest BCUT2D eigenvalue weighted by Crippen LogP contribution is 1.94. The van der Waals surface area contributed by atoms with Crippen molar-refractivity contribution in [2.45, 2.75) is 20.3 Å². The molecule has 0 aliphatic heterocycles. The summed E-state index contributed by atoms with van der Waals surface area (Å²) in [5, 5.41) is 9.15. The standard InChI is InChI=1S/C14H23N5O.HI/c1-3-7-18-14(16-4-2)19-10-9-17-13(20)12-6-5-8-15-11-12;/h5-6,8,11H,3-4,7,9-10H2,1-2H3,(H,17,20)(H2,16,18,19);1H. The molecule has 1 aromatic rings. The van der Waals surface area contributed by atoms with Crippen molar-refractivity contribution in [3.05, 3.63) is 30.1 Å². The fraction of sp³-hybridized carbons (Fsp3) is 0.500. The molecule has 0 atom stereocenters. The Morgan fingerprint density at radius 3 is 2.62 bits per heavy atom. The van der Waals surface area contributed by atoms with Gasteiger partial charge in [-0.1, -0.05) is 6.92 Å². The average molecular weight is 405 g/mol. The summed E-state index contributed by atoms with van der Waals surface area (Å²) in [6.07, 6.45) is 4.20. The molecule has 7 heteroatoms. The van der Waals surface area contributed by atoms with Crippen LogP contribution in [0.3, 0.4) is 0 Å². The van der Waals surface area contributed by atoms with Crippen molar-refractivity contribution in [1.82, 2.24) is 20.9 Å². The molecule has 0 saturated carbocycles. The summed E-state index contributed by atoms with van der Waals surface area (Å²) in [6.45, 7) is 6.87. The van der Waals surface area contributed by atoms with E-state index in [1.807, 2.05) is 6.92 Å². The van der Waals surface area contributed by atoms with Crippen molar-refractivity contribution in [2.75, 3.05) is 26.2 Å². The van der Waals surface area contributed by atoms with Crippen LogP contribution >= 0.6 is 24.0 Å². The number of halogens is 1. The van der Waals surface area contributed by atoms with E-state index in [2.05, 4.69) is 32.9 Å². The number of aromatic nitrogens is 1. The van der Waals surface area contributed by atoms with Gasteiger partial charge in [-0.3, -0.25) is 14.8 Å². The number of hydrogen-bond acceptors (Lipinski definition) is 3. The van der Waals surface area contributed by atoms with Gasteiger partial charge < -0.3 is 16.0 Å². The highest BCUT2D eigenvalue weighted by Gasteiger charge is 2.03. The molecule has 1 aromatic heterocycles. The lowest BCUT2D eigenvalue weighted by atomic mass is 10.3. The van der Waals surface area contributed by atoms with Crippen LogP contribution in [0.5, 0.6) is 0 Å². The number of aliphatic imine (C=N–C) groups is 1. The molecule has 0 aromatic carbocycles. The first-order valence-electron chi connectivity index (χ1n) is 6.98. The number of nitrogens with one attached hydrogen (secondary N) is 3. The third-order valence-corrected chi connectivity index (χ3v) is 2.46. The molecule has 0 unspecified atom stereocenters. The molecule has 0 fully saturated rings. The zero-order chi connectivity index (χ0) is 14.6. The Morgan fingerprint density at radius 1 is 1.24 bits per heavy atom. The largest absolute Gasteiger partial charge is 0.357 e. The minimum Gasteiger partial charge on any atom is -0.357 e. The zero-order valence-electron chi connectivity index (χ0n) is 12.6. The van der Waals surface area contributed by atoms with Gasteiger partial charge in [-0.25, -0.2) is 0 Å². The summed E-state index contributed by atoms with van der Waals surface area (Å²) in [7, 11) is 0. The van der Waals surface area contributed by atoms with Gasteiger partial charge >= 0.3 is 0 Å². The minimum absolute atomic E-state index is 0. The van der Waals surface area contributed by atoms with Gasteiger partial charge in [0, 0.05) is 38.6 Å². The van der Waals surface area contributed by atoms with E-state index in [1.165, 1.54) is 0 Å². The van der Waals surface area contributed by atoms with Crippen LogP contribution in [0, 0.1) is 0 Å². The van der Waals surface area contributed by atoms with E-state index < -0.39 is 0 Å². The summed E-state index contributed by atoms with van der Waals surface area (Å²) in [4.78, 5) is 20.1. The van der Waals surface area contributed by atoms with E-state index in [1.54, 1.807) is 24.5 Å². The number of nitrogens with zero attached hydrogens (tertiary/aromatic N) is 2. The number of rotatable bonds is 7. The first-order chi connectivity index (χ1) is 9.77. The Morgan fingerprint density at radius 2 is 2.00 bits per heavy atom. The molecule has 0 radical (unpaired) electrons. The zero-order valence-corrected chi connectivity index (χ0v) is 14.9. The Hall–Kier alpha value is -1.38. The van der Waals surface area contributed by atoms with Gasteiger partial charge in [-0.05, 0) is 25.5 Å². The van der Waals surface area contributed by atoms with Crippen molar-refractivity contribution in [2.24, 2.45) is 4.99 Å². The van der Waals surface area contributed by atoms with E-state index >= 15 is 0 Å². The van der Waals surface area contributed by atoms with E-state index in [0.29, 0.717) is 18.7 Å². The van der Waals surface area contributed by atoms with Gasteiger partial charge in [-0.2, -0.15) is 0 Å². The molecule has 0 bridgehead atoms. The van der Waals surface area contributed by atoms with E-state index in [0.717, 1.165) is 25.5 Å². The fourth-order valence-corrected chi connectivity index (χ4v) is 1.52. The maximum absolute atomic E-state index is 11.8. The minimum atomic E-state index is -0.115. The molecule has 3 N–H and O–H groups in total. The number of amides is 1. The first-order valence-corrected chi connectivity index (χ1v) is 6.98. The monoisotopic (exact) mass is 405 g/mol. The van der Waals surface area contributed by atoms with Crippen LogP contribution in [0.1, 0.15) is 30.6 Å². The van der Waals surface area contributed by atoms with Crippen molar-refractivity contribution in [1.29, 1.82) is 0 Å². The van der Waals surface area contributed by atoms with Gasteiger partial charge in [-0.15, -0.1) is 24.0 Å². The Bertz CT molecular complexity index is 425. The SMILES string of the molecule is CCCN=C(NCC)NCCNC(=O)c1cccnc1.I. The van der Waals surface area contributed by atoms with Crippen molar-refractivity contribution in [3.8, 4) is 0 Å². The molecule has 0 aliphatic carbocycles. The number of pyridine rings is 1. The lowest BCUT2D eigenvalue weighted by Crippen LogP contribution is -2.41. The molecular weight excluding hydrogens is 381 g/mol. The van der Waals surface area contributed by atoms with Crippen molar-refractivity contribution in [3.63, 3.8) is 0 Å². The van der Waals surface area contributed by atoms with E-state index in [9.17, 15) is 4.79 Å². The number of guanidine groups is 1. The Kier molecular flexibility index (Phi) is 11.6. The molecule has 0 saturated heterocycles. The van der Waals surface area contributed by atoms with E-state index in [4.69, 9.17) is 0 Å². The molecular formula is C14H24IN5O. The number of hydrogen-bond donors (Lipinski definition) is 3. The highest BCUT2D eigenvalue weighted by atomic mass is 127. The molecule has 118 valence electrons. The Balaban J connectivity index is 0.00000400. The summed E-state index contributed by atoms with van der Waals surface area (Å²) >= 11 is 0. The van der Waals surface area contributed by atoms with Crippen LogP contribution in [0.25, 0.3) is 0 Å². The van der Waals surface area contributed by atoms with Crippen LogP contribution in [0.4, 0.5) is 0 Å². The van der Waals surface area contributed by atoms with Gasteiger partial charge in [0.2, 0.25) is 0 Å². The van der Waals surface area contributed by atoms with Crippen molar-refractivity contribution >= 4 is 35.8 Å². The fourth-order valence-electron chi connectivity index (χ4n) is 1.52. The molecule has 21 heavy (non-hydrogen) atoms. The second-order valence-corrected chi connectivity index (χ2v) is 4.19. The van der Waals surface area contributed by atoms with Crippen molar-refractivity contribution < 1.29 is 4.79 Å². The molecule has 6 nitrogen and oxygen atoms in total. The van der Waals surface area contributed by atoms with Crippen LogP contribution in [0.15, 0.2) is 29.5 Å². The first kappa shape index (κ1) is 19.6. The lowest BCUT2D eigenvalue weighted by molar-refractivity contribution is 0.0954. The summed E-state index contributed by atoms with van der Waals surface area (Å²) in [5.74, 6) is 0.667. The quantitative estimate of drug-likeness (QED) is 0.277. The number of carbonyl (C=O) groups excluding carboxylic acids is 1. The predicted molar refractivity (Wildman–Crippen MR) is 96.3 cm³/mol. The van der Waals surface area contributed by atoms with Crippen LogP contribution in [-0.4, -0.2) is 43.0 Å². The normalized spacial score (nSPS) is 10.5. The van der Waals surface area contributed by atoms with Crippen LogP contribution in [0.2, 0.25) is 0 Å². The van der Waals surface area contributed by atoms with Crippen LogP contribution in [-0.2, 0) is 0 Å². The van der Waals surface area contributed by atoms with Crippen LogP contribution < -0.4 is 16.0 Å². The Labute approximate surface area is 143 Å².